The number of benzene rings is 1. The third kappa shape index (κ3) is 3.30. The summed E-state index contributed by atoms with van der Waals surface area (Å²) in [6.07, 6.45) is 7.47. The Hall–Kier alpha value is -1.41. The summed E-state index contributed by atoms with van der Waals surface area (Å²) in [7, 11) is 0. The van der Waals surface area contributed by atoms with E-state index in [0.717, 1.165) is 6.54 Å². The van der Waals surface area contributed by atoms with E-state index in [1.165, 1.54) is 35.6 Å². The van der Waals surface area contributed by atoms with Crippen LogP contribution in [0.3, 0.4) is 0 Å². The molecule has 0 amide bonds. The average Bonchev–Trinajstić information content (AvgIpc) is 2.43. The van der Waals surface area contributed by atoms with Crippen molar-refractivity contribution in [1.29, 1.82) is 0 Å². The fraction of sp³-hybridized carbons (Fsp3) is 0.438. The van der Waals surface area contributed by atoms with Crippen LogP contribution >= 0.6 is 0 Å². The van der Waals surface area contributed by atoms with Gasteiger partial charge in [0.1, 0.15) is 0 Å². The minimum atomic E-state index is 0.642. The Morgan fingerprint density at radius 1 is 1.17 bits per heavy atom. The van der Waals surface area contributed by atoms with Gasteiger partial charge in [-0.3, -0.25) is 4.98 Å². The van der Waals surface area contributed by atoms with Gasteiger partial charge in [-0.05, 0) is 35.9 Å². The van der Waals surface area contributed by atoms with Gasteiger partial charge in [0.25, 0.3) is 0 Å². The smallest absolute Gasteiger partial charge is 0.0346 e. The summed E-state index contributed by atoms with van der Waals surface area (Å²) in [5, 5.41) is 6.12. The predicted octanol–water partition coefficient (Wildman–Crippen LogP) is 3.90. The molecule has 1 unspecified atom stereocenters. The van der Waals surface area contributed by atoms with Crippen molar-refractivity contribution < 1.29 is 0 Å². The van der Waals surface area contributed by atoms with Gasteiger partial charge < -0.3 is 5.32 Å². The zero-order valence-electron chi connectivity index (χ0n) is 11.3. The molecule has 18 heavy (non-hydrogen) atoms. The van der Waals surface area contributed by atoms with Crippen molar-refractivity contribution in [1.82, 2.24) is 10.3 Å². The van der Waals surface area contributed by atoms with E-state index in [1.54, 1.807) is 0 Å². The third-order valence-electron chi connectivity index (χ3n) is 3.43. The number of nitrogens with one attached hydrogen (secondary N) is 1. The Kier molecular flexibility index (Phi) is 4.71. The summed E-state index contributed by atoms with van der Waals surface area (Å²) < 4.78 is 0. The number of hydrogen-bond donors (Lipinski definition) is 1. The molecule has 0 bridgehead atoms. The van der Waals surface area contributed by atoms with E-state index in [1.807, 2.05) is 12.4 Å². The molecule has 0 aliphatic rings. The van der Waals surface area contributed by atoms with Gasteiger partial charge in [0, 0.05) is 30.4 Å². The maximum atomic E-state index is 4.14. The van der Waals surface area contributed by atoms with E-state index in [-0.39, 0.29) is 0 Å². The zero-order valence-corrected chi connectivity index (χ0v) is 11.3. The van der Waals surface area contributed by atoms with E-state index in [9.17, 15) is 0 Å². The molecule has 0 fully saturated rings. The molecule has 0 aliphatic carbocycles. The van der Waals surface area contributed by atoms with E-state index in [0.29, 0.717) is 6.04 Å². The van der Waals surface area contributed by atoms with Crippen LogP contribution in [-0.2, 0) is 6.54 Å². The molecule has 2 heteroatoms. The van der Waals surface area contributed by atoms with Crippen LogP contribution in [0, 0.1) is 0 Å². The number of nitrogens with zero attached hydrogens (tertiary/aromatic N) is 1. The van der Waals surface area contributed by atoms with Crippen molar-refractivity contribution in [2.75, 3.05) is 0 Å². The quantitative estimate of drug-likeness (QED) is 0.831. The average molecular weight is 242 g/mol. The predicted molar refractivity (Wildman–Crippen MR) is 77.6 cm³/mol. The molecule has 1 N–H and O–H groups in total. The molecule has 0 saturated carbocycles. The molecule has 2 aromatic rings. The van der Waals surface area contributed by atoms with E-state index in [4.69, 9.17) is 0 Å². The van der Waals surface area contributed by atoms with Gasteiger partial charge >= 0.3 is 0 Å². The molecule has 2 nitrogen and oxygen atoms in total. The Morgan fingerprint density at radius 2 is 2.06 bits per heavy atom. The molecule has 0 spiro atoms. The highest BCUT2D eigenvalue weighted by molar-refractivity contribution is 5.81. The lowest BCUT2D eigenvalue weighted by atomic mass is 10.1. The van der Waals surface area contributed by atoms with E-state index >= 15 is 0 Å². The second kappa shape index (κ2) is 6.50. The maximum Gasteiger partial charge on any atom is 0.0346 e. The van der Waals surface area contributed by atoms with Gasteiger partial charge in [-0.25, -0.2) is 0 Å². The molecule has 1 aromatic carbocycles. The summed E-state index contributed by atoms with van der Waals surface area (Å²) in [6.45, 7) is 5.45. The largest absolute Gasteiger partial charge is 0.310 e. The molecule has 96 valence electrons. The van der Waals surface area contributed by atoms with E-state index < -0.39 is 0 Å². The summed E-state index contributed by atoms with van der Waals surface area (Å²) in [5.74, 6) is 0. The highest BCUT2D eigenvalue weighted by Crippen LogP contribution is 2.14. The molecule has 2 rings (SSSR count). The molecule has 0 aliphatic heterocycles. The number of hydrogen-bond acceptors (Lipinski definition) is 2. The maximum absolute atomic E-state index is 4.14. The molecule has 1 atom stereocenters. The minimum Gasteiger partial charge on any atom is -0.310 e. The van der Waals surface area contributed by atoms with Gasteiger partial charge in [-0.15, -0.1) is 0 Å². The molecule has 1 heterocycles. The second-order valence-corrected chi connectivity index (χ2v) is 4.83. The van der Waals surface area contributed by atoms with Crippen LogP contribution in [0.1, 0.15) is 38.7 Å². The summed E-state index contributed by atoms with van der Waals surface area (Å²) in [6, 6.07) is 9.31. The molecular weight excluding hydrogens is 220 g/mol. The van der Waals surface area contributed by atoms with Crippen molar-refractivity contribution in [2.24, 2.45) is 0 Å². The van der Waals surface area contributed by atoms with Crippen molar-refractivity contribution in [3.8, 4) is 0 Å². The highest BCUT2D eigenvalue weighted by atomic mass is 14.9. The first-order valence-corrected chi connectivity index (χ1v) is 6.89. The normalized spacial score (nSPS) is 12.8. The zero-order chi connectivity index (χ0) is 12.8. The first-order valence-electron chi connectivity index (χ1n) is 6.89. The lowest BCUT2D eigenvalue weighted by molar-refractivity contribution is 0.462. The number of fused-ring (bicyclic) bond motifs is 1. The summed E-state index contributed by atoms with van der Waals surface area (Å²) in [5.41, 5.74) is 1.35. The standard InChI is InChI=1S/C16H22N2/c1-3-5-16(4-2)18-11-13-6-7-15-12-17-9-8-14(15)10-13/h6-10,12,16,18H,3-5,11H2,1-2H3. The van der Waals surface area contributed by atoms with Crippen LogP contribution in [0.4, 0.5) is 0 Å². The Bertz CT molecular complexity index is 493. The number of pyridine rings is 1. The number of aromatic nitrogens is 1. The van der Waals surface area contributed by atoms with Gasteiger partial charge in [0.05, 0.1) is 0 Å². The molecule has 1 aromatic heterocycles. The van der Waals surface area contributed by atoms with Crippen LogP contribution in [0.5, 0.6) is 0 Å². The molecule has 0 radical (unpaired) electrons. The fourth-order valence-corrected chi connectivity index (χ4v) is 2.30. The van der Waals surface area contributed by atoms with Crippen LogP contribution in [0.25, 0.3) is 10.8 Å². The van der Waals surface area contributed by atoms with Gasteiger partial charge in [0.2, 0.25) is 0 Å². The van der Waals surface area contributed by atoms with Crippen LogP contribution in [-0.4, -0.2) is 11.0 Å². The first-order chi connectivity index (χ1) is 8.83. The minimum absolute atomic E-state index is 0.642. The van der Waals surface area contributed by atoms with Crippen LogP contribution in [0.2, 0.25) is 0 Å². The second-order valence-electron chi connectivity index (χ2n) is 4.83. The summed E-state index contributed by atoms with van der Waals surface area (Å²) >= 11 is 0. The van der Waals surface area contributed by atoms with Crippen molar-refractivity contribution in [3.63, 3.8) is 0 Å². The van der Waals surface area contributed by atoms with Gasteiger partial charge in [0.15, 0.2) is 0 Å². The lowest BCUT2D eigenvalue weighted by Gasteiger charge is -2.16. The molecular formula is C16H22N2. The Labute approximate surface area is 109 Å². The van der Waals surface area contributed by atoms with Crippen LogP contribution in [0.15, 0.2) is 36.7 Å². The SMILES string of the molecule is CCCC(CC)NCc1ccc2cnccc2c1. The van der Waals surface area contributed by atoms with E-state index in [2.05, 4.69) is 48.4 Å². The lowest BCUT2D eigenvalue weighted by Crippen LogP contribution is -2.27. The topological polar surface area (TPSA) is 24.9 Å². The summed E-state index contributed by atoms with van der Waals surface area (Å²) in [4.78, 5) is 4.14. The number of rotatable bonds is 6. The monoisotopic (exact) mass is 242 g/mol. The van der Waals surface area contributed by atoms with Gasteiger partial charge in [-0.1, -0.05) is 32.4 Å². The Morgan fingerprint density at radius 3 is 2.83 bits per heavy atom. The first kappa shape index (κ1) is 13.0. The van der Waals surface area contributed by atoms with Crippen LogP contribution < -0.4 is 5.32 Å². The third-order valence-corrected chi connectivity index (χ3v) is 3.43. The van der Waals surface area contributed by atoms with Crippen molar-refractivity contribution in [2.45, 2.75) is 45.7 Å². The molecule has 0 saturated heterocycles. The Balaban J connectivity index is 2.03. The van der Waals surface area contributed by atoms with Gasteiger partial charge in [-0.2, -0.15) is 0 Å². The van der Waals surface area contributed by atoms with Crippen molar-refractivity contribution in [3.05, 3.63) is 42.2 Å². The highest BCUT2D eigenvalue weighted by Gasteiger charge is 2.04. The fourth-order valence-electron chi connectivity index (χ4n) is 2.30. The van der Waals surface area contributed by atoms with Crippen molar-refractivity contribution >= 4 is 10.8 Å².